The topological polar surface area (TPSA) is 58.1 Å². The fourth-order valence-electron chi connectivity index (χ4n) is 3.74. The number of hydrogen-bond donors (Lipinski definition) is 1. The molecule has 5 nitrogen and oxygen atoms in total. The first-order valence-electron chi connectivity index (χ1n) is 9.89. The molecule has 2 aromatic rings. The quantitative estimate of drug-likeness (QED) is 0.703. The zero-order valence-electron chi connectivity index (χ0n) is 15.5. The van der Waals surface area contributed by atoms with E-state index in [1.807, 2.05) is 17.0 Å². The summed E-state index contributed by atoms with van der Waals surface area (Å²) >= 11 is 3.34. The van der Waals surface area contributed by atoms with Crippen molar-refractivity contribution in [1.29, 1.82) is 0 Å². The number of amides is 1. The maximum atomic E-state index is 12.4. The number of thioether (sulfide) groups is 1. The molecule has 2 heterocycles. The van der Waals surface area contributed by atoms with Crippen molar-refractivity contribution < 1.29 is 4.79 Å². The molecule has 2 aliphatic rings. The van der Waals surface area contributed by atoms with E-state index in [0.29, 0.717) is 6.04 Å². The van der Waals surface area contributed by atoms with E-state index in [2.05, 4.69) is 27.6 Å². The Hall–Kier alpha value is -1.60. The van der Waals surface area contributed by atoms with Crippen LogP contribution in [0.2, 0.25) is 0 Å². The van der Waals surface area contributed by atoms with Gasteiger partial charge in [-0.15, -0.1) is 10.2 Å². The molecule has 0 bridgehead atoms. The molecule has 0 spiro atoms. The molecule has 1 N–H and O–H groups in total. The van der Waals surface area contributed by atoms with E-state index in [4.69, 9.17) is 0 Å². The predicted molar refractivity (Wildman–Crippen MR) is 112 cm³/mol. The van der Waals surface area contributed by atoms with Crippen LogP contribution in [0.25, 0.3) is 0 Å². The highest BCUT2D eigenvalue weighted by Gasteiger charge is 2.19. The average Bonchev–Trinajstić information content (AvgIpc) is 3.39. The number of nitrogens with zero attached hydrogens (tertiary/aromatic N) is 3. The minimum atomic E-state index is 0.161. The standard InChI is InChI=1S/C20H26N4OS2/c25-18(24-12-4-5-13-24)16-10-8-15(9-11-16)14-26-20-23-22-19(27-20)21-17-6-2-1-3-7-17/h8-11,17H,1-7,12-14H2,(H,21,22). The molecule has 1 aromatic heterocycles. The Labute approximate surface area is 168 Å². The lowest BCUT2D eigenvalue weighted by Gasteiger charge is -2.21. The summed E-state index contributed by atoms with van der Waals surface area (Å²) in [7, 11) is 0. The summed E-state index contributed by atoms with van der Waals surface area (Å²) in [5.74, 6) is 1.00. The Balaban J connectivity index is 1.28. The predicted octanol–water partition coefficient (Wildman–Crippen LogP) is 4.81. The maximum absolute atomic E-state index is 12.4. The first-order valence-corrected chi connectivity index (χ1v) is 11.7. The summed E-state index contributed by atoms with van der Waals surface area (Å²) in [5.41, 5.74) is 2.00. The van der Waals surface area contributed by atoms with Gasteiger partial charge in [0.1, 0.15) is 0 Å². The second-order valence-electron chi connectivity index (χ2n) is 7.34. The van der Waals surface area contributed by atoms with Crippen molar-refractivity contribution in [1.82, 2.24) is 15.1 Å². The second-order valence-corrected chi connectivity index (χ2v) is 9.54. The molecule has 1 aliphatic heterocycles. The number of anilines is 1. The van der Waals surface area contributed by atoms with Gasteiger partial charge in [0, 0.05) is 30.4 Å². The first-order chi connectivity index (χ1) is 13.3. The van der Waals surface area contributed by atoms with E-state index in [0.717, 1.165) is 46.7 Å². The van der Waals surface area contributed by atoms with Crippen LogP contribution in [0.15, 0.2) is 28.6 Å². The van der Waals surface area contributed by atoms with Crippen LogP contribution in [0.5, 0.6) is 0 Å². The lowest BCUT2D eigenvalue weighted by molar-refractivity contribution is 0.0793. The van der Waals surface area contributed by atoms with Gasteiger partial charge >= 0.3 is 0 Å². The van der Waals surface area contributed by atoms with Crippen LogP contribution in [-0.2, 0) is 5.75 Å². The third-order valence-electron chi connectivity index (χ3n) is 5.30. The smallest absolute Gasteiger partial charge is 0.253 e. The van der Waals surface area contributed by atoms with Gasteiger partial charge in [-0.25, -0.2) is 0 Å². The molecule has 4 rings (SSSR count). The monoisotopic (exact) mass is 402 g/mol. The number of rotatable bonds is 6. The summed E-state index contributed by atoms with van der Waals surface area (Å²) in [6.45, 7) is 1.79. The molecule has 1 amide bonds. The number of carbonyl (C=O) groups is 1. The number of nitrogens with one attached hydrogen (secondary N) is 1. The molecule has 0 radical (unpaired) electrons. The van der Waals surface area contributed by atoms with Crippen molar-refractivity contribution in [3.05, 3.63) is 35.4 Å². The van der Waals surface area contributed by atoms with Crippen LogP contribution in [0.1, 0.15) is 60.9 Å². The Morgan fingerprint density at radius 3 is 2.56 bits per heavy atom. The molecule has 27 heavy (non-hydrogen) atoms. The van der Waals surface area contributed by atoms with Crippen LogP contribution in [0.3, 0.4) is 0 Å². The number of benzene rings is 1. The van der Waals surface area contributed by atoms with Gasteiger partial charge in [0.2, 0.25) is 5.13 Å². The third-order valence-corrected chi connectivity index (χ3v) is 7.35. The van der Waals surface area contributed by atoms with Crippen LogP contribution in [0.4, 0.5) is 5.13 Å². The molecule has 1 saturated heterocycles. The second kappa shape index (κ2) is 9.06. The molecule has 0 unspecified atom stereocenters. The molecule has 1 saturated carbocycles. The number of hydrogen-bond acceptors (Lipinski definition) is 6. The third kappa shape index (κ3) is 5.02. The van der Waals surface area contributed by atoms with E-state index in [-0.39, 0.29) is 5.91 Å². The van der Waals surface area contributed by atoms with E-state index in [1.54, 1.807) is 23.1 Å². The van der Waals surface area contributed by atoms with Gasteiger partial charge in [-0.3, -0.25) is 4.79 Å². The largest absolute Gasteiger partial charge is 0.357 e. The highest BCUT2D eigenvalue weighted by Crippen LogP contribution is 2.30. The van der Waals surface area contributed by atoms with Crippen molar-refractivity contribution in [3.8, 4) is 0 Å². The number of likely N-dealkylation sites (tertiary alicyclic amines) is 1. The highest BCUT2D eigenvalue weighted by atomic mass is 32.2. The minimum absolute atomic E-state index is 0.161. The fraction of sp³-hybridized carbons (Fsp3) is 0.550. The van der Waals surface area contributed by atoms with Gasteiger partial charge in [0.15, 0.2) is 4.34 Å². The van der Waals surface area contributed by atoms with Crippen LogP contribution in [0, 0.1) is 0 Å². The van der Waals surface area contributed by atoms with Crippen molar-refractivity contribution >= 4 is 34.1 Å². The van der Waals surface area contributed by atoms with Gasteiger partial charge < -0.3 is 10.2 Å². The zero-order chi connectivity index (χ0) is 18.5. The average molecular weight is 403 g/mol. The fourth-order valence-corrected chi connectivity index (χ4v) is 5.52. The van der Waals surface area contributed by atoms with Gasteiger partial charge in [0.25, 0.3) is 5.91 Å². The van der Waals surface area contributed by atoms with Crippen molar-refractivity contribution in [2.24, 2.45) is 0 Å². The Kier molecular flexibility index (Phi) is 6.29. The van der Waals surface area contributed by atoms with Crippen molar-refractivity contribution in [2.45, 2.75) is 61.1 Å². The van der Waals surface area contributed by atoms with Crippen molar-refractivity contribution in [3.63, 3.8) is 0 Å². The van der Waals surface area contributed by atoms with Crippen LogP contribution >= 0.6 is 23.1 Å². The Bertz CT molecular complexity index is 750. The molecule has 1 aliphatic carbocycles. The number of aromatic nitrogens is 2. The van der Waals surface area contributed by atoms with Gasteiger partial charge in [-0.2, -0.15) is 0 Å². The van der Waals surface area contributed by atoms with Crippen molar-refractivity contribution in [2.75, 3.05) is 18.4 Å². The summed E-state index contributed by atoms with van der Waals surface area (Å²) in [6.07, 6.45) is 8.72. The van der Waals surface area contributed by atoms with Gasteiger partial charge in [0.05, 0.1) is 0 Å². The molecule has 7 heteroatoms. The van der Waals surface area contributed by atoms with Gasteiger partial charge in [-0.1, -0.05) is 54.5 Å². The van der Waals surface area contributed by atoms with E-state index >= 15 is 0 Å². The minimum Gasteiger partial charge on any atom is -0.357 e. The summed E-state index contributed by atoms with van der Waals surface area (Å²) in [6, 6.07) is 8.57. The molecular weight excluding hydrogens is 376 g/mol. The highest BCUT2D eigenvalue weighted by molar-refractivity contribution is 8.00. The lowest BCUT2D eigenvalue weighted by atomic mass is 9.96. The summed E-state index contributed by atoms with van der Waals surface area (Å²) in [4.78, 5) is 14.4. The molecule has 0 atom stereocenters. The molecule has 2 fully saturated rings. The summed E-state index contributed by atoms with van der Waals surface area (Å²) < 4.78 is 0.991. The maximum Gasteiger partial charge on any atom is 0.253 e. The van der Waals surface area contributed by atoms with Gasteiger partial charge in [-0.05, 0) is 43.4 Å². The van der Waals surface area contributed by atoms with E-state index in [9.17, 15) is 4.79 Å². The molecule has 144 valence electrons. The normalized spacial score (nSPS) is 18.0. The molecule has 1 aromatic carbocycles. The first kappa shape index (κ1) is 18.7. The SMILES string of the molecule is O=C(c1ccc(CSc2nnc(NC3CCCCC3)s2)cc1)N1CCCC1. The lowest BCUT2D eigenvalue weighted by Crippen LogP contribution is -2.27. The zero-order valence-corrected chi connectivity index (χ0v) is 17.2. The molecular formula is C20H26N4OS2. The summed E-state index contributed by atoms with van der Waals surface area (Å²) in [5, 5.41) is 13.1. The van der Waals surface area contributed by atoms with Crippen LogP contribution < -0.4 is 5.32 Å². The Morgan fingerprint density at radius 2 is 1.81 bits per heavy atom. The van der Waals surface area contributed by atoms with E-state index in [1.165, 1.54) is 37.7 Å². The Morgan fingerprint density at radius 1 is 1.07 bits per heavy atom. The van der Waals surface area contributed by atoms with E-state index < -0.39 is 0 Å². The number of carbonyl (C=O) groups excluding carboxylic acids is 1. The van der Waals surface area contributed by atoms with Crippen LogP contribution in [-0.4, -0.2) is 40.1 Å².